The Morgan fingerprint density at radius 2 is 2.00 bits per heavy atom. The highest BCUT2D eigenvalue weighted by Crippen LogP contribution is 2.18. The minimum absolute atomic E-state index is 0.358. The Bertz CT molecular complexity index is 394. The van der Waals surface area contributed by atoms with Gasteiger partial charge >= 0.3 is 0 Å². The fraction of sp³-hybridized carbons (Fsp3) is 0.462. The summed E-state index contributed by atoms with van der Waals surface area (Å²) in [5.41, 5.74) is 2.72. The zero-order valence-corrected chi connectivity index (χ0v) is 9.39. The molecule has 3 heteroatoms. The Hall–Kier alpha value is -1.19. The van der Waals surface area contributed by atoms with Crippen LogP contribution in [0.4, 0.5) is 0 Å². The molecule has 3 nitrogen and oxygen atoms in total. The molecule has 1 N–H and O–H groups in total. The number of rotatable bonds is 1. The molecule has 1 saturated heterocycles. The van der Waals surface area contributed by atoms with Gasteiger partial charge in [0.1, 0.15) is 6.17 Å². The summed E-state index contributed by atoms with van der Waals surface area (Å²) in [6.07, 6.45) is 3.45. The van der Waals surface area contributed by atoms with Gasteiger partial charge in [0.25, 0.3) is 0 Å². The first kappa shape index (κ1) is 10.00. The fourth-order valence-corrected chi connectivity index (χ4v) is 2.47. The molecule has 0 saturated carbocycles. The Kier molecular flexibility index (Phi) is 2.72. The maximum atomic E-state index is 4.67. The second kappa shape index (κ2) is 4.36. The predicted molar refractivity (Wildman–Crippen MR) is 66.0 cm³/mol. The number of hydrogen-bond donors (Lipinski definition) is 1. The molecule has 2 heterocycles. The number of nitrogens with zero attached hydrogens (tertiary/aromatic N) is 2. The summed E-state index contributed by atoms with van der Waals surface area (Å²) in [5.74, 6) is 0. The maximum Gasteiger partial charge on any atom is 0.106 e. The van der Waals surface area contributed by atoms with Gasteiger partial charge in [-0.2, -0.15) is 0 Å². The first-order valence-electron chi connectivity index (χ1n) is 5.99. The molecular formula is C13H17N3. The molecule has 0 aliphatic carbocycles. The average molecular weight is 215 g/mol. The smallest absolute Gasteiger partial charge is 0.106 e. The molecule has 1 unspecified atom stereocenters. The van der Waals surface area contributed by atoms with E-state index in [0.717, 1.165) is 32.6 Å². The summed E-state index contributed by atoms with van der Waals surface area (Å²) in [7, 11) is 0. The van der Waals surface area contributed by atoms with Crippen LogP contribution in [0, 0.1) is 0 Å². The molecule has 1 aromatic carbocycles. The van der Waals surface area contributed by atoms with Crippen molar-refractivity contribution in [2.45, 2.75) is 12.6 Å². The molecule has 84 valence electrons. The molecular weight excluding hydrogens is 198 g/mol. The number of hydrogen-bond acceptors (Lipinski definition) is 3. The monoisotopic (exact) mass is 215 g/mol. The maximum absolute atomic E-state index is 4.67. The van der Waals surface area contributed by atoms with Crippen LogP contribution in [0.3, 0.4) is 0 Å². The van der Waals surface area contributed by atoms with Crippen LogP contribution in [-0.2, 0) is 6.42 Å². The minimum Gasteiger partial charge on any atom is -0.314 e. The highest BCUT2D eigenvalue weighted by atomic mass is 15.3. The van der Waals surface area contributed by atoms with Gasteiger partial charge in [-0.3, -0.25) is 9.89 Å². The third-order valence-electron chi connectivity index (χ3n) is 3.42. The summed E-state index contributed by atoms with van der Waals surface area (Å²) >= 11 is 0. The van der Waals surface area contributed by atoms with E-state index in [1.807, 2.05) is 6.21 Å². The van der Waals surface area contributed by atoms with Gasteiger partial charge < -0.3 is 5.32 Å². The van der Waals surface area contributed by atoms with Crippen molar-refractivity contribution in [1.82, 2.24) is 10.2 Å². The molecule has 1 fully saturated rings. The molecule has 0 spiro atoms. The summed E-state index contributed by atoms with van der Waals surface area (Å²) in [6, 6.07) is 8.56. The van der Waals surface area contributed by atoms with Crippen LogP contribution in [-0.4, -0.2) is 43.5 Å². The van der Waals surface area contributed by atoms with Crippen molar-refractivity contribution in [3.63, 3.8) is 0 Å². The first-order chi connectivity index (χ1) is 7.93. The lowest BCUT2D eigenvalue weighted by Crippen LogP contribution is -2.49. The number of piperazine rings is 1. The van der Waals surface area contributed by atoms with E-state index in [2.05, 4.69) is 39.5 Å². The van der Waals surface area contributed by atoms with E-state index in [1.54, 1.807) is 0 Å². The summed E-state index contributed by atoms with van der Waals surface area (Å²) in [4.78, 5) is 7.14. The van der Waals surface area contributed by atoms with E-state index in [-0.39, 0.29) is 0 Å². The molecule has 1 aromatic rings. The fourth-order valence-electron chi connectivity index (χ4n) is 2.47. The van der Waals surface area contributed by atoms with Crippen molar-refractivity contribution < 1.29 is 0 Å². The van der Waals surface area contributed by atoms with Crippen molar-refractivity contribution in [2.75, 3.05) is 26.2 Å². The SMILES string of the molecule is C1=NC(N2CCNCC2)Cc2ccccc21. The van der Waals surface area contributed by atoms with Crippen LogP contribution in [0.5, 0.6) is 0 Å². The van der Waals surface area contributed by atoms with Gasteiger partial charge in [0.15, 0.2) is 0 Å². The summed E-state index contributed by atoms with van der Waals surface area (Å²) in [5, 5.41) is 3.38. The molecule has 2 aliphatic rings. The molecule has 0 radical (unpaired) electrons. The number of aliphatic imine (C=N–C) groups is 1. The van der Waals surface area contributed by atoms with Crippen LogP contribution in [0.2, 0.25) is 0 Å². The second-order valence-corrected chi connectivity index (χ2v) is 4.45. The highest BCUT2D eigenvalue weighted by molar-refractivity contribution is 5.82. The Morgan fingerprint density at radius 3 is 2.88 bits per heavy atom. The van der Waals surface area contributed by atoms with Crippen LogP contribution in [0.15, 0.2) is 29.3 Å². The van der Waals surface area contributed by atoms with Crippen molar-refractivity contribution in [2.24, 2.45) is 4.99 Å². The molecule has 2 aliphatic heterocycles. The van der Waals surface area contributed by atoms with Crippen molar-refractivity contribution in [3.8, 4) is 0 Å². The van der Waals surface area contributed by atoms with E-state index in [9.17, 15) is 0 Å². The van der Waals surface area contributed by atoms with Gasteiger partial charge in [-0.05, 0) is 11.1 Å². The largest absolute Gasteiger partial charge is 0.314 e. The van der Waals surface area contributed by atoms with Crippen molar-refractivity contribution >= 4 is 6.21 Å². The molecule has 0 bridgehead atoms. The standard InChI is InChI=1S/C13H17N3/c1-2-4-12-10-15-13(9-11(12)3-1)16-7-5-14-6-8-16/h1-4,10,13-14H,5-9H2. The number of fused-ring (bicyclic) bond motifs is 1. The minimum atomic E-state index is 0.358. The zero-order chi connectivity index (χ0) is 10.8. The lowest BCUT2D eigenvalue weighted by Gasteiger charge is -2.34. The predicted octanol–water partition coefficient (Wildman–Crippen LogP) is 0.893. The summed E-state index contributed by atoms with van der Waals surface area (Å²) in [6.45, 7) is 4.41. The summed E-state index contributed by atoms with van der Waals surface area (Å²) < 4.78 is 0. The topological polar surface area (TPSA) is 27.6 Å². The number of nitrogens with one attached hydrogen (secondary N) is 1. The van der Waals surface area contributed by atoms with Crippen LogP contribution >= 0.6 is 0 Å². The van der Waals surface area contributed by atoms with E-state index in [0.29, 0.717) is 6.17 Å². The number of benzene rings is 1. The Balaban J connectivity index is 1.77. The van der Waals surface area contributed by atoms with Gasteiger partial charge in [-0.15, -0.1) is 0 Å². The average Bonchev–Trinajstić information content (AvgIpc) is 2.39. The molecule has 0 aromatic heterocycles. The third kappa shape index (κ3) is 1.88. The van der Waals surface area contributed by atoms with Gasteiger partial charge in [0.05, 0.1) is 0 Å². The van der Waals surface area contributed by atoms with Gasteiger partial charge in [-0.1, -0.05) is 24.3 Å². The van der Waals surface area contributed by atoms with Crippen molar-refractivity contribution in [1.29, 1.82) is 0 Å². The zero-order valence-electron chi connectivity index (χ0n) is 9.39. The van der Waals surface area contributed by atoms with E-state index in [1.165, 1.54) is 11.1 Å². The van der Waals surface area contributed by atoms with Crippen LogP contribution < -0.4 is 5.32 Å². The van der Waals surface area contributed by atoms with E-state index in [4.69, 9.17) is 0 Å². The van der Waals surface area contributed by atoms with E-state index < -0.39 is 0 Å². The highest BCUT2D eigenvalue weighted by Gasteiger charge is 2.22. The van der Waals surface area contributed by atoms with Crippen LogP contribution in [0.1, 0.15) is 11.1 Å². The van der Waals surface area contributed by atoms with Gasteiger partial charge in [0, 0.05) is 38.8 Å². The lowest BCUT2D eigenvalue weighted by molar-refractivity contribution is 0.176. The van der Waals surface area contributed by atoms with Crippen molar-refractivity contribution in [3.05, 3.63) is 35.4 Å². The van der Waals surface area contributed by atoms with Crippen LogP contribution in [0.25, 0.3) is 0 Å². The molecule has 1 atom stereocenters. The molecule has 3 rings (SSSR count). The normalized spacial score (nSPS) is 25.4. The lowest BCUT2D eigenvalue weighted by atomic mass is 10.0. The molecule has 16 heavy (non-hydrogen) atoms. The third-order valence-corrected chi connectivity index (χ3v) is 3.42. The van der Waals surface area contributed by atoms with E-state index >= 15 is 0 Å². The Labute approximate surface area is 96.2 Å². The molecule has 0 amide bonds. The quantitative estimate of drug-likeness (QED) is 0.753. The first-order valence-corrected chi connectivity index (χ1v) is 5.99. The second-order valence-electron chi connectivity index (χ2n) is 4.45. The Morgan fingerprint density at radius 1 is 1.19 bits per heavy atom. The van der Waals surface area contributed by atoms with Gasteiger partial charge in [-0.25, -0.2) is 0 Å². The van der Waals surface area contributed by atoms with Gasteiger partial charge in [0.2, 0.25) is 0 Å².